The van der Waals surface area contributed by atoms with E-state index in [1.54, 1.807) is 0 Å². The van der Waals surface area contributed by atoms with Crippen LogP contribution in [0.25, 0.3) is 0 Å². The molecule has 0 atom stereocenters. The van der Waals surface area contributed by atoms with Crippen LogP contribution in [0.2, 0.25) is 0 Å². The molecule has 0 aliphatic carbocycles. The summed E-state index contributed by atoms with van der Waals surface area (Å²) in [5.74, 6) is 0.350. The molecule has 0 amide bonds. The summed E-state index contributed by atoms with van der Waals surface area (Å²) < 4.78 is 0. The molecular weight excluding hydrogens is 162 g/mol. The first-order chi connectivity index (χ1) is 6.27. The molecule has 0 unspecified atom stereocenters. The minimum absolute atomic E-state index is 0.350. The Morgan fingerprint density at radius 2 is 2.08 bits per heavy atom. The molecule has 0 N–H and O–H groups in total. The van der Waals surface area contributed by atoms with Crippen LogP contribution in [0, 0.1) is 6.92 Å². The number of hydrogen-bond acceptors (Lipinski definition) is 2. The Balaban J connectivity index is 2.26. The average Bonchev–Trinajstić information content (AvgIpc) is 2.53. The monoisotopic (exact) mass is 175 g/mol. The van der Waals surface area contributed by atoms with Gasteiger partial charge in [0.05, 0.1) is 6.54 Å². The smallest absolute Gasteiger partial charge is 0.153 e. The van der Waals surface area contributed by atoms with Crippen LogP contribution < -0.4 is 4.90 Å². The Kier molecular flexibility index (Phi) is 2.05. The number of anilines is 1. The summed E-state index contributed by atoms with van der Waals surface area (Å²) in [6, 6.07) is 8.20. The van der Waals surface area contributed by atoms with Crippen LogP contribution in [0.15, 0.2) is 24.3 Å². The molecular formula is C11H13NO. The zero-order valence-corrected chi connectivity index (χ0v) is 7.79. The summed E-state index contributed by atoms with van der Waals surface area (Å²) in [4.78, 5) is 13.2. The fourth-order valence-electron chi connectivity index (χ4n) is 1.75. The lowest BCUT2D eigenvalue weighted by atomic mass is 10.2. The SMILES string of the molecule is Cc1ccccc1N1CCC(=O)C1. The van der Waals surface area contributed by atoms with Gasteiger partial charge in [-0.3, -0.25) is 4.79 Å². The minimum atomic E-state index is 0.350. The lowest BCUT2D eigenvalue weighted by molar-refractivity contribution is -0.116. The van der Waals surface area contributed by atoms with Crippen LogP contribution in [-0.4, -0.2) is 18.9 Å². The second kappa shape index (κ2) is 3.21. The van der Waals surface area contributed by atoms with Crippen molar-refractivity contribution < 1.29 is 4.79 Å². The highest BCUT2D eigenvalue weighted by Crippen LogP contribution is 2.22. The fraction of sp³-hybridized carbons (Fsp3) is 0.364. The first-order valence-corrected chi connectivity index (χ1v) is 4.59. The largest absolute Gasteiger partial charge is 0.364 e. The Hall–Kier alpha value is -1.31. The Labute approximate surface area is 78.2 Å². The first kappa shape index (κ1) is 8.30. The number of carbonyl (C=O) groups is 1. The van der Waals surface area contributed by atoms with E-state index in [1.807, 2.05) is 12.1 Å². The van der Waals surface area contributed by atoms with E-state index in [2.05, 4.69) is 24.0 Å². The molecule has 0 saturated carbocycles. The molecule has 1 saturated heterocycles. The molecule has 1 aromatic carbocycles. The summed E-state index contributed by atoms with van der Waals surface area (Å²) in [6.07, 6.45) is 0.703. The van der Waals surface area contributed by atoms with Crippen molar-refractivity contribution in [3.05, 3.63) is 29.8 Å². The van der Waals surface area contributed by atoms with Crippen molar-refractivity contribution in [2.45, 2.75) is 13.3 Å². The van der Waals surface area contributed by atoms with E-state index in [0.717, 1.165) is 6.54 Å². The van der Waals surface area contributed by atoms with Crippen molar-refractivity contribution >= 4 is 11.5 Å². The number of ketones is 1. The van der Waals surface area contributed by atoms with Crippen LogP contribution in [0.4, 0.5) is 5.69 Å². The zero-order chi connectivity index (χ0) is 9.26. The van der Waals surface area contributed by atoms with Crippen LogP contribution in [0.5, 0.6) is 0 Å². The molecule has 2 rings (SSSR count). The van der Waals surface area contributed by atoms with Gasteiger partial charge >= 0.3 is 0 Å². The molecule has 68 valence electrons. The van der Waals surface area contributed by atoms with Crippen molar-refractivity contribution in [3.8, 4) is 0 Å². The van der Waals surface area contributed by atoms with E-state index in [0.29, 0.717) is 18.7 Å². The third-order valence-electron chi connectivity index (χ3n) is 2.48. The lowest BCUT2D eigenvalue weighted by Gasteiger charge is -2.18. The number of carbonyl (C=O) groups excluding carboxylic acids is 1. The maximum atomic E-state index is 11.1. The highest BCUT2D eigenvalue weighted by Gasteiger charge is 2.19. The lowest BCUT2D eigenvalue weighted by Crippen LogP contribution is -2.20. The maximum absolute atomic E-state index is 11.1. The normalized spacial score (nSPS) is 16.7. The van der Waals surface area contributed by atoms with Crippen molar-refractivity contribution in [3.63, 3.8) is 0 Å². The van der Waals surface area contributed by atoms with E-state index < -0.39 is 0 Å². The summed E-state index contributed by atoms with van der Waals surface area (Å²) in [6.45, 7) is 3.55. The average molecular weight is 175 g/mol. The van der Waals surface area contributed by atoms with Gasteiger partial charge in [0.2, 0.25) is 0 Å². The van der Waals surface area contributed by atoms with Gasteiger partial charge in [0.15, 0.2) is 5.78 Å². The van der Waals surface area contributed by atoms with Crippen LogP contribution in [-0.2, 0) is 4.79 Å². The van der Waals surface area contributed by atoms with Gasteiger partial charge in [0, 0.05) is 18.7 Å². The number of rotatable bonds is 1. The fourth-order valence-corrected chi connectivity index (χ4v) is 1.75. The van der Waals surface area contributed by atoms with E-state index >= 15 is 0 Å². The van der Waals surface area contributed by atoms with Gasteiger partial charge in [0.1, 0.15) is 0 Å². The van der Waals surface area contributed by atoms with E-state index in [4.69, 9.17) is 0 Å². The van der Waals surface area contributed by atoms with Crippen LogP contribution in [0.3, 0.4) is 0 Å². The van der Waals surface area contributed by atoms with Gasteiger partial charge < -0.3 is 4.90 Å². The first-order valence-electron chi connectivity index (χ1n) is 4.59. The van der Waals surface area contributed by atoms with Crippen molar-refractivity contribution in [1.29, 1.82) is 0 Å². The maximum Gasteiger partial charge on any atom is 0.153 e. The third-order valence-corrected chi connectivity index (χ3v) is 2.48. The van der Waals surface area contributed by atoms with Crippen molar-refractivity contribution in [2.24, 2.45) is 0 Å². The molecule has 2 heteroatoms. The molecule has 1 aliphatic heterocycles. The summed E-state index contributed by atoms with van der Waals surface area (Å²) in [5.41, 5.74) is 2.45. The van der Waals surface area contributed by atoms with Gasteiger partial charge in [-0.25, -0.2) is 0 Å². The molecule has 0 spiro atoms. The summed E-state index contributed by atoms with van der Waals surface area (Å²) in [7, 11) is 0. The van der Waals surface area contributed by atoms with Gasteiger partial charge in [0.25, 0.3) is 0 Å². The summed E-state index contributed by atoms with van der Waals surface area (Å²) >= 11 is 0. The molecule has 0 radical (unpaired) electrons. The second-order valence-electron chi connectivity index (χ2n) is 3.50. The second-order valence-corrected chi connectivity index (χ2v) is 3.50. The molecule has 1 aliphatic rings. The number of hydrogen-bond donors (Lipinski definition) is 0. The number of para-hydroxylation sites is 1. The molecule has 1 heterocycles. The minimum Gasteiger partial charge on any atom is -0.364 e. The van der Waals surface area contributed by atoms with Gasteiger partial charge in [-0.1, -0.05) is 18.2 Å². The number of Topliss-reactive ketones (excluding diaryl/α,β-unsaturated/α-hetero) is 1. The number of nitrogens with zero attached hydrogens (tertiary/aromatic N) is 1. The predicted molar refractivity (Wildman–Crippen MR) is 53.0 cm³/mol. The number of benzene rings is 1. The highest BCUT2D eigenvalue weighted by molar-refractivity contribution is 5.87. The summed E-state index contributed by atoms with van der Waals surface area (Å²) in [5, 5.41) is 0. The van der Waals surface area contributed by atoms with E-state index in [9.17, 15) is 4.79 Å². The van der Waals surface area contributed by atoms with Crippen LogP contribution >= 0.6 is 0 Å². The van der Waals surface area contributed by atoms with Gasteiger partial charge in [-0.05, 0) is 18.6 Å². The molecule has 13 heavy (non-hydrogen) atoms. The third kappa shape index (κ3) is 1.57. The highest BCUT2D eigenvalue weighted by atomic mass is 16.1. The Morgan fingerprint density at radius 1 is 1.31 bits per heavy atom. The molecule has 1 fully saturated rings. The predicted octanol–water partition coefficient (Wildman–Crippen LogP) is 1.77. The molecule has 0 bridgehead atoms. The molecule has 1 aromatic rings. The van der Waals surface area contributed by atoms with E-state index in [-0.39, 0.29) is 0 Å². The van der Waals surface area contributed by atoms with Crippen molar-refractivity contribution in [1.82, 2.24) is 0 Å². The molecule has 0 aromatic heterocycles. The number of aryl methyl sites for hydroxylation is 1. The quantitative estimate of drug-likeness (QED) is 0.648. The zero-order valence-electron chi connectivity index (χ0n) is 7.79. The van der Waals surface area contributed by atoms with Gasteiger partial charge in [-0.15, -0.1) is 0 Å². The van der Waals surface area contributed by atoms with Gasteiger partial charge in [-0.2, -0.15) is 0 Å². The molecule has 2 nitrogen and oxygen atoms in total. The van der Waals surface area contributed by atoms with Crippen LogP contribution in [0.1, 0.15) is 12.0 Å². The van der Waals surface area contributed by atoms with Crippen molar-refractivity contribution in [2.75, 3.05) is 18.0 Å². The standard InChI is InChI=1S/C11H13NO/c1-9-4-2-3-5-11(9)12-7-6-10(13)8-12/h2-5H,6-8H2,1H3. The van der Waals surface area contributed by atoms with E-state index in [1.165, 1.54) is 11.3 Å². The topological polar surface area (TPSA) is 20.3 Å². The Morgan fingerprint density at radius 3 is 2.69 bits per heavy atom. The Bertz CT molecular complexity index is 333.